The van der Waals surface area contributed by atoms with Crippen molar-refractivity contribution in [1.82, 2.24) is 9.55 Å². The third-order valence-electron chi connectivity index (χ3n) is 2.98. The Hall–Kier alpha value is -0.480. The van der Waals surface area contributed by atoms with Crippen LogP contribution in [0.15, 0.2) is 12.4 Å². The molecule has 1 aromatic rings. The summed E-state index contributed by atoms with van der Waals surface area (Å²) >= 11 is 1.91. The van der Waals surface area contributed by atoms with Crippen LogP contribution in [0, 0.1) is 0 Å². The molecule has 0 aromatic carbocycles. The molecule has 2 rings (SSSR count). The molecule has 2 unspecified atom stereocenters. The van der Waals surface area contributed by atoms with Gasteiger partial charge in [-0.1, -0.05) is 0 Å². The van der Waals surface area contributed by atoms with E-state index in [0.29, 0.717) is 5.25 Å². The number of thioether (sulfide) groups is 1. The first-order valence-corrected chi connectivity index (χ1v) is 6.58. The van der Waals surface area contributed by atoms with Crippen LogP contribution >= 0.6 is 11.8 Å². The fourth-order valence-electron chi connectivity index (χ4n) is 2.01. The van der Waals surface area contributed by atoms with E-state index >= 15 is 0 Å². The summed E-state index contributed by atoms with van der Waals surface area (Å²) in [5.41, 5.74) is 0. The Morgan fingerprint density at radius 2 is 2.60 bits per heavy atom. The second kappa shape index (κ2) is 5.03. The van der Waals surface area contributed by atoms with Crippen LogP contribution in [0.3, 0.4) is 0 Å². The summed E-state index contributed by atoms with van der Waals surface area (Å²) in [6.45, 7) is 0. The van der Waals surface area contributed by atoms with E-state index in [-0.39, 0.29) is 6.10 Å². The van der Waals surface area contributed by atoms with Crippen molar-refractivity contribution >= 4 is 11.8 Å². The minimum atomic E-state index is -0.158. The highest BCUT2D eigenvalue weighted by atomic mass is 32.2. The molecule has 84 valence electrons. The highest BCUT2D eigenvalue weighted by Gasteiger charge is 2.23. The first-order chi connectivity index (χ1) is 7.27. The Balaban J connectivity index is 1.80. The van der Waals surface area contributed by atoms with Gasteiger partial charge in [-0.2, -0.15) is 11.8 Å². The van der Waals surface area contributed by atoms with E-state index in [9.17, 15) is 5.11 Å². The van der Waals surface area contributed by atoms with Crippen molar-refractivity contribution in [2.24, 2.45) is 7.05 Å². The van der Waals surface area contributed by atoms with Gasteiger partial charge in [0.15, 0.2) is 0 Å². The predicted octanol–water partition coefficient (Wildman–Crippen LogP) is 1.61. The molecule has 1 aliphatic heterocycles. The number of hydrogen-bond donors (Lipinski definition) is 1. The molecule has 0 aliphatic carbocycles. The van der Waals surface area contributed by atoms with Crippen LogP contribution in [0.2, 0.25) is 0 Å². The monoisotopic (exact) mass is 226 g/mol. The summed E-state index contributed by atoms with van der Waals surface area (Å²) in [6.07, 6.45) is 7.75. The van der Waals surface area contributed by atoms with E-state index in [1.165, 1.54) is 18.6 Å². The molecule has 0 spiro atoms. The number of imidazole rings is 1. The summed E-state index contributed by atoms with van der Waals surface area (Å²) in [5, 5.41) is 10.4. The quantitative estimate of drug-likeness (QED) is 0.847. The van der Waals surface area contributed by atoms with Gasteiger partial charge in [-0.05, 0) is 25.0 Å². The van der Waals surface area contributed by atoms with E-state index in [4.69, 9.17) is 0 Å². The van der Waals surface area contributed by atoms with Crippen molar-refractivity contribution in [3.05, 3.63) is 18.2 Å². The van der Waals surface area contributed by atoms with Gasteiger partial charge in [0.1, 0.15) is 5.82 Å². The number of hydrogen-bond acceptors (Lipinski definition) is 3. The maximum absolute atomic E-state index is 9.98. The van der Waals surface area contributed by atoms with Gasteiger partial charge in [-0.25, -0.2) is 4.98 Å². The fourth-order valence-corrected chi connectivity index (χ4v) is 3.33. The second-order valence-corrected chi connectivity index (χ2v) is 5.46. The average molecular weight is 226 g/mol. The molecule has 2 heterocycles. The van der Waals surface area contributed by atoms with E-state index in [2.05, 4.69) is 4.98 Å². The number of nitrogens with zero attached hydrogens (tertiary/aromatic N) is 2. The zero-order valence-electron chi connectivity index (χ0n) is 9.09. The number of rotatable bonds is 4. The van der Waals surface area contributed by atoms with Crippen LogP contribution < -0.4 is 0 Å². The minimum Gasteiger partial charge on any atom is -0.392 e. The molecule has 0 radical (unpaired) electrons. The molecular weight excluding hydrogens is 208 g/mol. The third-order valence-corrected chi connectivity index (χ3v) is 4.48. The number of aromatic nitrogens is 2. The lowest BCUT2D eigenvalue weighted by Gasteiger charge is -2.16. The van der Waals surface area contributed by atoms with Crippen molar-refractivity contribution in [3.8, 4) is 0 Å². The van der Waals surface area contributed by atoms with Gasteiger partial charge in [-0.3, -0.25) is 0 Å². The lowest BCUT2D eigenvalue weighted by molar-refractivity contribution is 0.159. The van der Waals surface area contributed by atoms with Gasteiger partial charge in [0.05, 0.1) is 6.10 Å². The summed E-state index contributed by atoms with van der Waals surface area (Å²) in [4.78, 5) is 4.26. The Kier molecular flexibility index (Phi) is 3.70. The number of aryl methyl sites for hydroxylation is 2. The van der Waals surface area contributed by atoms with Crippen molar-refractivity contribution in [1.29, 1.82) is 0 Å². The second-order valence-electron chi connectivity index (χ2n) is 4.11. The Morgan fingerprint density at radius 3 is 3.20 bits per heavy atom. The summed E-state index contributed by atoms with van der Waals surface area (Å²) in [7, 11) is 2.00. The van der Waals surface area contributed by atoms with Crippen LogP contribution in [-0.4, -0.2) is 31.8 Å². The van der Waals surface area contributed by atoms with E-state index < -0.39 is 0 Å². The summed E-state index contributed by atoms with van der Waals surface area (Å²) in [6, 6.07) is 0. The molecule has 15 heavy (non-hydrogen) atoms. The molecule has 0 amide bonds. The van der Waals surface area contributed by atoms with E-state index in [0.717, 1.165) is 18.7 Å². The maximum Gasteiger partial charge on any atom is 0.108 e. The topological polar surface area (TPSA) is 38.0 Å². The summed E-state index contributed by atoms with van der Waals surface area (Å²) in [5.74, 6) is 2.28. The standard InChI is InChI=1S/C11H18N2OS/c1-13-7-6-12-11(13)5-4-9(14)10-3-2-8-15-10/h6-7,9-10,14H,2-5,8H2,1H3. The Bertz CT molecular complexity index is 307. The maximum atomic E-state index is 9.98. The van der Waals surface area contributed by atoms with Crippen molar-refractivity contribution < 1.29 is 5.11 Å². The van der Waals surface area contributed by atoms with Crippen molar-refractivity contribution in [2.75, 3.05) is 5.75 Å². The molecule has 0 saturated carbocycles. The largest absolute Gasteiger partial charge is 0.392 e. The molecule has 1 aliphatic rings. The molecule has 1 N–H and O–H groups in total. The van der Waals surface area contributed by atoms with E-state index in [1.54, 1.807) is 0 Å². The molecule has 1 aromatic heterocycles. The molecule has 4 heteroatoms. The lowest BCUT2D eigenvalue weighted by atomic mass is 10.1. The van der Waals surface area contributed by atoms with Crippen LogP contribution in [-0.2, 0) is 13.5 Å². The summed E-state index contributed by atoms with van der Waals surface area (Å²) < 4.78 is 2.02. The Morgan fingerprint density at radius 1 is 1.73 bits per heavy atom. The molecule has 1 saturated heterocycles. The van der Waals surface area contributed by atoms with Gasteiger partial charge in [0.25, 0.3) is 0 Å². The van der Waals surface area contributed by atoms with Crippen molar-refractivity contribution in [2.45, 2.75) is 37.0 Å². The Labute approximate surface area is 94.9 Å². The van der Waals surface area contributed by atoms with Crippen LogP contribution in [0.5, 0.6) is 0 Å². The third kappa shape index (κ3) is 2.75. The smallest absolute Gasteiger partial charge is 0.108 e. The normalized spacial score (nSPS) is 23.2. The van der Waals surface area contributed by atoms with Gasteiger partial charge in [0.2, 0.25) is 0 Å². The predicted molar refractivity (Wildman–Crippen MR) is 63.0 cm³/mol. The number of aliphatic hydroxyl groups excluding tert-OH is 1. The highest BCUT2D eigenvalue weighted by Crippen LogP contribution is 2.30. The van der Waals surface area contributed by atoms with Crippen LogP contribution in [0.25, 0.3) is 0 Å². The molecule has 2 atom stereocenters. The zero-order valence-corrected chi connectivity index (χ0v) is 9.91. The van der Waals surface area contributed by atoms with Gasteiger partial charge >= 0.3 is 0 Å². The minimum absolute atomic E-state index is 0.158. The molecule has 3 nitrogen and oxygen atoms in total. The highest BCUT2D eigenvalue weighted by molar-refractivity contribution is 8.00. The van der Waals surface area contributed by atoms with Crippen LogP contribution in [0.4, 0.5) is 0 Å². The SMILES string of the molecule is Cn1ccnc1CCC(O)C1CCCS1. The van der Waals surface area contributed by atoms with Crippen LogP contribution in [0.1, 0.15) is 25.1 Å². The molecular formula is C11H18N2OS. The lowest BCUT2D eigenvalue weighted by Crippen LogP contribution is -2.21. The average Bonchev–Trinajstić information content (AvgIpc) is 2.85. The van der Waals surface area contributed by atoms with Gasteiger partial charge < -0.3 is 9.67 Å². The van der Waals surface area contributed by atoms with Crippen molar-refractivity contribution in [3.63, 3.8) is 0 Å². The van der Waals surface area contributed by atoms with E-state index in [1.807, 2.05) is 35.8 Å². The molecule has 0 bridgehead atoms. The van der Waals surface area contributed by atoms with Gasteiger partial charge in [-0.15, -0.1) is 0 Å². The first-order valence-electron chi connectivity index (χ1n) is 5.53. The molecule has 1 fully saturated rings. The zero-order chi connectivity index (χ0) is 10.7. The fraction of sp³-hybridized carbons (Fsp3) is 0.727. The first kappa shape index (κ1) is 11.0. The number of aliphatic hydroxyl groups is 1. The van der Waals surface area contributed by atoms with Gasteiger partial charge in [0, 0.05) is 31.1 Å².